The van der Waals surface area contributed by atoms with Gasteiger partial charge in [0.1, 0.15) is 0 Å². The molecule has 3 rings (SSSR count). The van der Waals surface area contributed by atoms with Gasteiger partial charge in [0, 0.05) is 12.2 Å². The molecular weight excluding hydrogens is 284 g/mol. The van der Waals surface area contributed by atoms with Gasteiger partial charge < -0.3 is 5.73 Å². The van der Waals surface area contributed by atoms with Gasteiger partial charge in [0.2, 0.25) is 0 Å². The molecule has 2 N–H and O–H groups in total. The molecule has 0 saturated carbocycles. The first kappa shape index (κ1) is 13.9. The largest absolute Gasteiger partial charge is 0.398 e. The highest BCUT2D eigenvalue weighted by atomic mass is 32.2. The van der Waals surface area contributed by atoms with Gasteiger partial charge in [-0.05, 0) is 49.1 Å². The molecule has 2 aromatic rings. The van der Waals surface area contributed by atoms with Crippen molar-refractivity contribution in [2.45, 2.75) is 25.2 Å². The summed E-state index contributed by atoms with van der Waals surface area (Å²) >= 11 is 0. The highest BCUT2D eigenvalue weighted by Crippen LogP contribution is 2.35. The van der Waals surface area contributed by atoms with Crippen molar-refractivity contribution in [2.75, 3.05) is 16.6 Å². The molecule has 0 radical (unpaired) electrons. The SMILES string of the molecule is Cc1ccc(N)c(C)c1S(=O)(=O)N1CCc2ccccc21. The van der Waals surface area contributed by atoms with Crippen molar-refractivity contribution in [3.05, 3.63) is 53.1 Å². The molecular formula is C16H18N2O2S. The Hall–Kier alpha value is -2.01. The quantitative estimate of drug-likeness (QED) is 0.867. The molecule has 0 bridgehead atoms. The first-order valence-corrected chi connectivity index (χ1v) is 8.33. The van der Waals surface area contributed by atoms with Gasteiger partial charge in [-0.1, -0.05) is 24.3 Å². The fourth-order valence-electron chi connectivity index (χ4n) is 2.91. The molecule has 110 valence electrons. The van der Waals surface area contributed by atoms with E-state index in [1.807, 2.05) is 24.3 Å². The average Bonchev–Trinajstić information content (AvgIpc) is 2.88. The molecule has 0 saturated heterocycles. The van der Waals surface area contributed by atoms with E-state index in [-0.39, 0.29) is 0 Å². The van der Waals surface area contributed by atoms with Crippen LogP contribution in [0.15, 0.2) is 41.3 Å². The lowest BCUT2D eigenvalue weighted by atomic mass is 10.1. The molecule has 4 nitrogen and oxygen atoms in total. The molecule has 1 heterocycles. The second kappa shape index (κ2) is 4.77. The Balaban J connectivity index is 2.18. The summed E-state index contributed by atoms with van der Waals surface area (Å²) in [5.74, 6) is 0. The zero-order chi connectivity index (χ0) is 15.2. The number of aryl methyl sites for hydroxylation is 1. The summed E-state index contributed by atoms with van der Waals surface area (Å²) in [5, 5.41) is 0. The fraction of sp³-hybridized carbons (Fsp3) is 0.250. The van der Waals surface area contributed by atoms with E-state index in [1.165, 1.54) is 4.31 Å². The average molecular weight is 302 g/mol. The maximum absolute atomic E-state index is 13.1. The van der Waals surface area contributed by atoms with Gasteiger partial charge in [-0.3, -0.25) is 4.31 Å². The molecule has 1 aliphatic heterocycles. The zero-order valence-electron chi connectivity index (χ0n) is 12.1. The lowest BCUT2D eigenvalue weighted by Crippen LogP contribution is -2.30. The third-order valence-electron chi connectivity index (χ3n) is 4.04. The van der Waals surface area contributed by atoms with Crippen LogP contribution in [0.5, 0.6) is 0 Å². The van der Waals surface area contributed by atoms with Crippen molar-refractivity contribution < 1.29 is 8.42 Å². The number of nitrogen functional groups attached to an aromatic ring is 1. The maximum Gasteiger partial charge on any atom is 0.264 e. The molecule has 21 heavy (non-hydrogen) atoms. The first-order valence-electron chi connectivity index (χ1n) is 6.89. The Morgan fingerprint density at radius 2 is 1.81 bits per heavy atom. The summed E-state index contributed by atoms with van der Waals surface area (Å²) < 4.78 is 27.6. The van der Waals surface area contributed by atoms with Gasteiger partial charge in [-0.25, -0.2) is 8.42 Å². The Bertz CT molecular complexity index is 813. The van der Waals surface area contributed by atoms with Crippen LogP contribution in [0.25, 0.3) is 0 Å². The van der Waals surface area contributed by atoms with Crippen LogP contribution in [-0.2, 0) is 16.4 Å². The van der Waals surface area contributed by atoms with Crippen molar-refractivity contribution in [2.24, 2.45) is 0 Å². The number of nitrogens with zero attached hydrogens (tertiary/aromatic N) is 1. The van der Waals surface area contributed by atoms with Crippen molar-refractivity contribution in [1.82, 2.24) is 0 Å². The van der Waals surface area contributed by atoms with Crippen LogP contribution in [0, 0.1) is 13.8 Å². The monoisotopic (exact) mass is 302 g/mol. The lowest BCUT2D eigenvalue weighted by molar-refractivity contribution is 0.591. The molecule has 0 spiro atoms. The van der Waals surface area contributed by atoms with Gasteiger partial charge in [-0.2, -0.15) is 0 Å². The minimum Gasteiger partial charge on any atom is -0.398 e. The predicted molar refractivity (Wildman–Crippen MR) is 85.0 cm³/mol. The van der Waals surface area contributed by atoms with Crippen molar-refractivity contribution >= 4 is 21.4 Å². The summed E-state index contributed by atoms with van der Waals surface area (Å²) in [5.41, 5.74) is 9.60. The van der Waals surface area contributed by atoms with Gasteiger partial charge in [0.25, 0.3) is 10.0 Å². The van der Waals surface area contributed by atoms with E-state index >= 15 is 0 Å². The van der Waals surface area contributed by atoms with Gasteiger partial charge >= 0.3 is 0 Å². The number of anilines is 2. The number of nitrogens with two attached hydrogens (primary N) is 1. The van der Waals surface area contributed by atoms with E-state index < -0.39 is 10.0 Å². The summed E-state index contributed by atoms with van der Waals surface area (Å²) in [7, 11) is -3.58. The molecule has 1 aliphatic rings. The van der Waals surface area contributed by atoms with Gasteiger partial charge in [-0.15, -0.1) is 0 Å². The Morgan fingerprint density at radius 1 is 1.10 bits per heavy atom. The summed E-state index contributed by atoms with van der Waals surface area (Å²) in [6.07, 6.45) is 0.746. The van der Waals surface area contributed by atoms with Crippen LogP contribution >= 0.6 is 0 Å². The summed E-state index contributed by atoms with van der Waals surface area (Å²) in [4.78, 5) is 0.333. The van der Waals surface area contributed by atoms with E-state index in [1.54, 1.807) is 26.0 Å². The number of para-hydroxylation sites is 1. The Labute approximate surface area is 125 Å². The van der Waals surface area contributed by atoms with E-state index in [0.29, 0.717) is 22.7 Å². The number of fused-ring (bicyclic) bond motifs is 1. The van der Waals surface area contributed by atoms with Crippen LogP contribution in [0.3, 0.4) is 0 Å². The molecule has 5 heteroatoms. The predicted octanol–water partition coefficient (Wildman–Crippen LogP) is 2.64. The number of benzene rings is 2. The van der Waals surface area contributed by atoms with Crippen LogP contribution in [0.1, 0.15) is 16.7 Å². The normalized spacial score (nSPS) is 14.3. The molecule has 0 unspecified atom stereocenters. The first-order chi connectivity index (χ1) is 9.93. The second-order valence-corrected chi connectivity index (χ2v) is 7.18. The lowest BCUT2D eigenvalue weighted by Gasteiger charge is -2.22. The summed E-state index contributed by atoms with van der Waals surface area (Å²) in [6.45, 7) is 4.05. The number of hydrogen-bond donors (Lipinski definition) is 1. The molecule has 2 aromatic carbocycles. The highest BCUT2D eigenvalue weighted by Gasteiger charge is 2.33. The van der Waals surface area contributed by atoms with Crippen LogP contribution in [0.2, 0.25) is 0 Å². The second-order valence-electron chi connectivity index (χ2n) is 5.38. The molecule has 0 aliphatic carbocycles. The van der Waals surface area contributed by atoms with E-state index in [9.17, 15) is 8.42 Å². The van der Waals surface area contributed by atoms with Gasteiger partial charge in [0.15, 0.2) is 0 Å². The topological polar surface area (TPSA) is 63.4 Å². The molecule has 0 atom stereocenters. The Kier molecular flexibility index (Phi) is 3.17. The van der Waals surface area contributed by atoms with E-state index in [4.69, 9.17) is 5.73 Å². The maximum atomic E-state index is 13.1. The molecule has 0 aromatic heterocycles. The van der Waals surface area contributed by atoms with Crippen molar-refractivity contribution in [3.8, 4) is 0 Å². The minimum absolute atomic E-state index is 0.333. The number of rotatable bonds is 2. The zero-order valence-corrected chi connectivity index (χ0v) is 12.9. The smallest absolute Gasteiger partial charge is 0.264 e. The third kappa shape index (κ3) is 2.08. The van der Waals surface area contributed by atoms with Gasteiger partial charge in [0.05, 0.1) is 10.6 Å². The Morgan fingerprint density at radius 3 is 2.57 bits per heavy atom. The van der Waals surface area contributed by atoms with Crippen molar-refractivity contribution in [3.63, 3.8) is 0 Å². The minimum atomic E-state index is -3.58. The number of sulfonamides is 1. The van der Waals surface area contributed by atoms with Crippen molar-refractivity contribution in [1.29, 1.82) is 0 Å². The number of hydrogen-bond acceptors (Lipinski definition) is 3. The standard InChI is InChI=1S/C16H18N2O2S/c1-11-7-8-14(17)12(2)16(11)21(19,20)18-10-9-13-5-3-4-6-15(13)18/h3-8H,9-10,17H2,1-2H3. The summed E-state index contributed by atoms with van der Waals surface area (Å²) in [6, 6.07) is 11.2. The van der Waals surface area contributed by atoms with E-state index in [0.717, 1.165) is 23.2 Å². The van der Waals surface area contributed by atoms with Crippen LogP contribution in [-0.4, -0.2) is 15.0 Å². The van der Waals surface area contributed by atoms with E-state index in [2.05, 4.69) is 0 Å². The third-order valence-corrected chi connectivity index (χ3v) is 6.14. The fourth-order valence-corrected chi connectivity index (χ4v) is 4.88. The van der Waals surface area contributed by atoms with Crippen LogP contribution < -0.4 is 10.0 Å². The van der Waals surface area contributed by atoms with Crippen LogP contribution in [0.4, 0.5) is 11.4 Å². The molecule has 0 fully saturated rings. The highest BCUT2D eigenvalue weighted by molar-refractivity contribution is 7.93. The molecule has 0 amide bonds.